The Morgan fingerprint density at radius 3 is 1.75 bits per heavy atom. The van der Waals surface area contributed by atoms with E-state index in [0.29, 0.717) is 6.54 Å². The summed E-state index contributed by atoms with van der Waals surface area (Å²) in [5.74, 6) is 0. The number of hydrogen-bond donors (Lipinski definition) is 0. The summed E-state index contributed by atoms with van der Waals surface area (Å²) in [4.78, 5) is 2.25. The number of likely N-dealkylation sites (tertiary alicyclic amines) is 1. The molecular weight excluding hydrogens is 249 g/mol. The van der Waals surface area contributed by atoms with E-state index in [2.05, 4.69) is 29.2 Å². The van der Waals surface area contributed by atoms with E-state index >= 15 is 0 Å². The van der Waals surface area contributed by atoms with Gasteiger partial charge >= 0.3 is 0 Å². The number of hydrogen-bond acceptors (Lipinski definition) is 1. The zero-order chi connectivity index (χ0) is 14.2. The van der Waals surface area contributed by atoms with Gasteiger partial charge in [0.1, 0.15) is 6.17 Å². The molecule has 20 heavy (non-hydrogen) atoms. The van der Waals surface area contributed by atoms with Crippen molar-refractivity contribution in [3.8, 4) is 0 Å². The molecule has 2 heteroatoms. The molecule has 0 radical (unpaired) electrons. The van der Waals surface area contributed by atoms with Gasteiger partial charge < -0.3 is 0 Å². The van der Waals surface area contributed by atoms with Crippen molar-refractivity contribution in [2.45, 2.75) is 31.6 Å². The summed E-state index contributed by atoms with van der Waals surface area (Å²) < 4.78 is 13.9. The fourth-order valence-electron chi connectivity index (χ4n) is 2.96. The van der Waals surface area contributed by atoms with Crippen LogP contribution in [0.1, 0.15) is 31.0 Å². The highest BCUT2D eigenvalue weighted by atomic mass is 19.1. The summed E-state index contributed by atoms with van der Waals surface area (Å²) in [5, 5.41) is 0. The van der Waals surface area contributed by atoms with Crippen LogP contribution in [0.2, 0.25) is 0 Å². The summed E-state index contributed by atoms with van der Waals surface area (Å²) in [5.41, 5.74) is 2.04. The third-order valence-electron chi connectivity index (χ3n) is 4.41. The molecule has 2 aromatic rings. The first-order valence-electron chi connectivity index (χ1n) is 7.11. The highest BCUT2D eigenvalue weighted by Crippen LogP contribution is 2.42. The Morgan fingerprint density at radius 2 is 1.40 bits per heavy atom. The van der Waals surface area contributed by atoms with Gasteiger partial charge in [-0.1, -0.05) is 60.7 Å². The molecule has 1 aliphatic heterocycles. The lowest BCUT2D eigenvalue weighted by Crippen LogP contribution is -2.66. The Kier molecular flexibility index (Phi) is 3.35. The zero-order valence-electron chi connectivity index (χ0n) is 12.0. The summed E-state index contributed by atoms with van der Waals surface area (Å²) in [6.45, 7) is 4.47. The highest BCUT2D eigenvalue weighted by molar-refractivity contribution is 5.33. The summed E-state index contributed by atoms with van der Waals surface area (Å²) in [6.07, 6.45) is -0.752. The van der Waals surface area contributed by atoms with Gasteiger partial charge in [-0.2, -0.15) is 0 Å². The predicted molar refractivity (Wildman–Crippen MR) is 80.4 cm³/mol. The number of rotatable bonds is 3. The molecule has 104 valence electrons. The summed E-state index contributed by atoms with van der Waals surface area (Å²) in [7, 11) is 0. The van der Waals surface area contributed by atoms with Crippen LogP contribution in [0.4, 0.5) is 4.39 Å². The Morgan fingerprint density at radius 1 is 0.950 bits per heavy atom. The quantitative estimate of drug-likeness (QED) is 0.807. The monoisotopic (exact) mass is 269 g/mol. The van der Waals surface area contributed by atoms with Crippen molar-refractivity contribution in [1.82, 2.24) is 4.90 Å². The molecule has 1 nitrogen and oxygen atoms in total. The molecule has 1 saturated heterocycles. The van der Waals surface area contributed by atoms with Crippen LogP contribution in [-0.2, 0) is 0 Å². The van der Waals surface area contributed by atoms with Crippen LogP contribution in [0.3, 0.4) is 0 Å². The van der Waals surface area contributed by atoms with Crippen molar-refractivity contribution in [2.75, 3.05) is 6.54 Å². The van der Waals surface area contributed by atoms with Crippen molar-refractivity contribution in [2.24, 2.45) is 0 Å². The minimum Gasteiger partial charge on any atom is -0.281 e. The topological polar surface area (TPSA) is 3.24 Å². The van der Waals surface area contributed by atoms with Crippen LogP contribution < -0.4 is 0 Å². The second kappa shape index (κ2) is 5.02. The molecule has 2 aromatic carbocycles. The van der Waals surface area contributed by atoms with Gasteiger partial charge in [-0.3, -0.25) is 4.90 Å². The van der Waals surface area contributed by atoms with E-state index in [0.717, 1.165) is 0 Å². The molecule has 0 aromatic heterocycles. The van der Waals surface area contributed by atoms with Crippen LogP contribution in [-0.4, -0.2) is 23.2 Å². The third-order valence-corrected chi connectivity index (χ3v) is 4.41. The molecule has 1 aliphatic rings. The lowest BCUT2D eigenvalue weighted by atomic mass is 9.81. The molecule has 0 amide bonds. The zero-order valence-corrected chi connectivity index (χ0v) is 12.0. The number of halogens is 1. The fourth-order valence-corrected chi connectivity index (χ4v) is 2.96. The van der Waals surface area contributed by atoms with E-state index in [-0.39, 0.29) is 6.04 Å². The smallest absolute Gasteiger partial charge is 0.131 e. The molecule has 1 unspecified atom stereocenters. The SMILES string of the molecule is CC1(C)C(F)CN1C(c1ccccc1)c1ccccc1. The summed E-state index contributed by atoms with van der Waals surface area (Å²) >= 11 is 0. The van der Waals surface area contributed by atoms with E-state index in [1.165, 1.54) is 11.1 Å². The second-order valence-electron chi connectivity index (χ2n) is 6.00. The van der Waals surface area contributed by atoms with Crippen molar-refractivity contribution in [3.63, 3.8) is 0 Å². The largest absolute Gasteiger partial charge is 0.281 e. The third kappa shape index (κ3) is 2.14. The standard InChI is InChI=1S/C18H20FN/c1-18(2)16(19)13-20(18)17(14-9-5-3-6-10-14)15-11-7-4-8-12-15/h3-12,16-17H,13H2,1-2H3. The fraction of sp³-hybridized carbons (Fsp3) is 0.333. The average molecular weight is 269 g/mol. The van der Waals surface area contributed by atoms with E-state index in [9.17, 15) is 4.39 Å². The molecule has 3 rings (SSSR count). The maximum Gasteiger partial charge on any atom is 0.131 e. The highest BCUT2D eigenvalue weighted by Gasteiger charge is 2.50. The summed E-state index contributed by atoms with van der Waals surface area (Å²) in [6, 6.07) is 20.8. The predicted octanol–water partition coefficient (Wildman–Crippen LogP) is 4.21. The minimum absolute atomic E-state index is 0.124. The Labute approximate surface area is 120 Å². The van der Waals surface area contributed by atoms with Crippen LogP contribution in [0.15, 0.2) is 60.7 Å². The minimum atomic E-state index is -0.752. The van der Waals surface area contributed by atoms with Crippen molar-refractivity contribution >= 4 is 0 Å². The lowest BCUT2D eigenvalue weighted by molar-refractivity contribution is -0.0928. The van der Waals surface area contributed by atoms with Crippen LogP contribution in [0, 0.1) is 0 Å². The molecule has 1 heterocycles. The van der Waals surface area contributed by atoms with Gasteiger partial charge in [-0.15, -0.1) is 0 Å². The van der Waals surface area contributed by atoms with Crippen LogP contribution >= 0.6 is 0 Å². The van der Waals surface area contributed by atoms with Gasteiger partial charge in [-0.05, 0) is 25.0 Å². The van der Waals surface area contributed by atoms with E-state index < -0.39 is 11.7 Å². The number of alkyl halides is 1. The van der Waals surface area contributed by atoms with Gasteiger partial charge in [-0.25, -0.2) is 4.39 Å². The molecule has 1 fully saturated rings. The van der Waals surface area contributed by atoms with Crippen molar-refractivity contribution in [3.05, 3.63) is 71.8 Å². The van der Waals surface area contributed by atoms with E-state index in [1.807, 2.05) is 50.2 Å². The van der Waals surface area contributed by atoms with Crippen molar-refractivity contribution < 1.29 is 4.39 Å². The van der Waals surface area contributed by atoms with Gasteiger partial charge in [0.2, 0.25) is 0 Å². The van der Waals surface area contributed by atoms with Gasteiger partial charge in [0.25, 0.3) is 0 Å². The molecule has 0 saturated carbocycles. The maximum atomic E-state index is 13.9. The normalized spacial score (nSPS) is 21.7. The van der Waals surface area contributed by atoms with Gasteiger partial charge in [0, 0.05) is 12.1 Å². The lowest BCUT2D eigenvalue weighted by Gasteiger charge is -2.55. The maximum absolute atomic E-state index is 13.9. The number of nitrogens with zero attached hydrogens (tertiary/aromatic N) is 1. The van der Waals surface area contributed by atoms with Crippen LogP contribution in [0.5, 0.6) is 0 Å². The van der Waals surface area contributed by atoms with E-state index in [1.54, 1.807) is 0 Å². The van der Waals surface area contributed by atoms with Gasteiger partial charge in [0.05, 0.1) is 6.04 Å². The van der Waals surface area contributed by atoms with Crippen LogP contribution in [0.25, 0.3) is 0 Å². The molecule has 0 spiro atoms. The molecule has 1 atom stereocenters. The first-order valence-corrected chi connectivity index (χ1v) is 7.11. The molecule has 0 aliphatic carbocycles. The number of benzene rings is 2. The first kappa shape index (κ1) is 13.3. The first-order chi connectivity index (χ1) is 9.60. The van der Waals surface area contributed by atoms with Gasteiger partial charge in [0.15, 0.2) is 0 Å². The average Bonchev–Trinajstić information content (AvgIpc) is 2.49. The molecule has 0 bridgehead atoms. The Bertz CT molecular complexity index is 525. The molecule has 0 N–H and O–H groups in total. The Hall–Kier alpha value is -1.67. The van der Waals surface area contributed by atoms with E-state index in [4.69, 9.17) is 0 Å². The Balaban J connectivity index is 2.02. The second-order valence-corrected chi connectivity index (χ2v) is 6.00. The van der Waals surface area contributed by atoms with Crippen molar-refractivity contribution in [1.29, 1.82) is 0 Å². The molecular formula is C18H20FN.